The average molecular weight is 806 g/mol. The molecule has 0 N–H and O–H groups in total. The number of unbranched alkanes of at least 4 members (excludes halogenated alkanes) is 10. The number of carbonyl (C=O) groups excluding carboxylic acids is 2. The van der Waals surface area contributed by atoms with Crippen LogP contribution in [0.4, 0.5) is 0 Å². The molecule has 0 radical (unpaired) electrons. The number of hydrogen-bond donors (Lipinski definition) is 0. The van der Waals surface area contributed by atoms with Gasteiger partial charge in [-0.3, -0.25) is 0 Å². The van der Waals surface area contributed by atoms with E-state index in [0.717, 1.165) is 25.7 Å². The Balaban J connectivity index is 6.59. The Morgan fingerprint density at radius 3 is 0.905 bits per heavy atom. The minimum absolute atomic E-state index is 0.0131. The second-order valence-electron chi connectivity index (χ2n) is 17.0. The molecule has 0 spiro atoms. The molecule has 248 valence electrons. The quantitative estimate of drug-likeness (QED) is 0.0786. The minimum atomic E-state index is -2.89. The van der Waals surface area contributed by atoms with Crippen LogP contribution >= 0.6 is 0 Å². The summed E-state index contributed by atoms with van der Waals surface area (Å²) in [5, 5.41) is 0. The van der Waals surface area contributed by atoms with Crippen LogP contribution in [-0.2, 0) is 15.7 Å². The van der Waals surface area contributed by atoms with Crippen molar-refractivity contribution in [3.63, 3.8) is 0 Å². The number of carbonyl (C=O) groups is 2. The molecule has 6 heteroatoms. The molecule has 0 unspecified atom stereocenters. The molecule has 0 heterocycles. The Labute approximate surface area is 277 Å². The van der Waals surface area contributed by atoms with Gasteiger partial charge in [-0.1, -0.05) is 0 Å². The van der Waals surface area contributed by atoms with Gasteiger partial charge in [0.15, 0.2) is 0 Å². The average Bonchev–Trinajstić information content (AvgIpc) is 2.82. The molecule has 0 aromatic rings. The van der Waals surface area contributed by atoms with E-state index in [1.54, 1.807) is 0 Å². The van der Waals surface area contributed by atoms with Gasteiger partial charge in [-0.05, 0) is 0 Å². The van der Waals surface area contributed by atoms with E-state index in [2.05, 4.69) is 96.9 Å². The van der Waals surface area contributed by atoms with Gasteiger partial charge in [-0.2, -0.15) is 0 Å². The summed E-state index contributed by atoms with van der Waals surface area (Å²) < 4.78 is 13.1. The van der Waals surface area contributed by atoms with Gasteiger partial charge in [0.1, 0.15) is 0 Å². The van der Waals surface area contributed by atoms with Crippen LogP contribution in [-0.4, -0.2) is 52.3 Å². The maximum atomic E-state index is 14.2. The predicted octanol–water partition coefficient (Wildman–Crippen LogP) is 11.5. The van der Waals surface area contributed by atoms with Crippen molar-refractivity contribution in [1.82, 2.24) is 0 Å². The summed E-state index contributed by atoms with van der Waals surface area (Å²) in [4.78, 5) is 28.4. The van der Waals surface area contributed by atoms with Gasteiger partial charge in [-0.25, -0.2) is 0 Å². The molecule has 0 bridgehead atoms. The Bertz CT molecular complexity index is 723. The van der Waals surface area contributed by atoms with Gasteiger partial charge >= 0.3 is 280 Å². The van der Waals surface area contributed by atoms with Crippen LogP contribution in [0.5, 0.6) is 0 Å². The topological polar surface area (TPSA) is 52.6 Å². The van der Waals surface area contributed by atoms with E-state index in [9.17, 15) is 9.59 Å². The third-order valence-corrected chi connectivity index (χ3v) is 28.5. The summed E-state index contributed by atoms with van der Waals surface area (Å²) >= 11 is -5.78. The van der Waals surface area contributed by atoms with Crippen molar-refractivity contribution in [3.05, 3.63) is 11.1 Å². The van der Waals surface area contributed by atoms with E-state index in [-0.39, 0.29) is 25.7 Å². The van der Waals surface area contributed by atoms with Crippen molar-refractivity contribution in [3.8, 4) is 0 Å². The molecule has 0 saturated heterocycles. The van der Waals surface area contributed by atoms with Crippen LogP contribution in [0.2, 0.25) is 13.7 Å². The molecule has 0 fully saturated rings. The van der Waals surface area contributed by atoms with E-state index in [1.807, 2.05) is 0 Å². The Morgan fingerprint density at radius 2 is 0.667 bits per heavy atom. The molecule has 4 nitrogen and oxygen atoms in total. The fraction of sp³-hybridized carbons (Fsp3) is 0.889. The van der Waals surface area contributed by atoms with Crippen molar-refractivity contribution in [2.45, 2.75) is 201 Å². The molecule has 0 aliphatic heterocycles. The van der Waals surface area contributed by atoms with E-state index in [1.165, 1.54) is 51.4 Å². The zero-order valence-corrected chi connectivity index (χ0v) is 37.3. The van der Waals surface area contributed by atoms with Gasteiger partial charge in [-0.15, -0.1) is 0 Å². The monoisotopic (exact) mass is 808 g/mol. The first-order valence-electron chi connectivity index (χ1n) is 17.3. The standard InChI is InChI=1S/C20H36O4.4C4H9.2Sn.2H/c1-3-5-7-9-11-13-15-17(19(21)22)18(20(23)24)16-14-12-10-8-6-4-2;4*1-4(2)3;;;;/h3-16H2,1-2H3,(H,21,22)(H,23,24);4*1-3H3;;;;/q;;;;;2*+1;;/p-2/b18-17-;;;;;;;;. The fourth-order valence-corrected chi connectivity index (χ4v) is 27.5. The number of rotatable bonds is 18. The third-order valence-electron chi connectivity index (χ3n) is 8.01. The van der Waals surface area contributed by atoms with Gasteiger partial charge < -0.3 is 0 Å². The van der Waals surface area contributed by atoms with Crippen molar-refractivity contribution < 1.29 is 15.7 Å². The van der Waals surface area contributed by atoms with Crippen molar-refractivity contribution >= 4 is 52.3 Å². The van der Waals surface area contributed by atoms with E-state index >= 15 is 0 Å². The molecule has 0 rings (SSSR count). The zero-order chi connectivity index (χ0) is 32.8. The summed E-state index contributed by atoms with van der Waals surface area (Å²) in [5.74, 6) is -0.434. The van der Waals surface area contributed by atoms with Gasteiger partial charge in [0.25, 0.3) is 0 Å². The Morgan fingerprint density at radius 1 is 0.429 bits per heavy atom. The number of hydrogen-bond acceptors (Lipinski definition) is 4. The van der Waals surface area contributed by atoms with Crippen molar-refractivity contribution in [1.29, 1.82) is 0 Å². The van der Waals surface area contributed by atoms with E-state index in [0.29, 0.717) is 24.0 Å². The van der Waals surface area contributed by atoms with Crippen LogP contribution in [0.15, 0.2) is 11.1 Å². The SMILES string of the molecule is CCCCCCCC/C(C(=O)[O][SnH]([C](C)(C)C)[C](C)(C)C)=C(\CCCCCCCC)C(=O)[O][SnH]([C](C)(C)C)[C](C)(C)C. The molecule has 0 aromatic carbocycles. The summed E-state index contributed by atoms with van der Waals surface area (Å²) in [6, 6.07) is 0. The zero-order valence-electron chi connectivity index (χ0n) is 30.7. The Hall–Kier alpha value is 0.277. The van der Waals surface area contributed by atoms with Crippen LogP contribution in [0.3, 0.4) is 0 Å². The van der Waals surface area contributed by atoms with Crippen LogP contribution in [0.25, 0.3) is 0 Å². The summed E-state index contributed by atoms with van der Waals surface area (Å²) in [6.45, 7) is 31.1. The van der Waals surface area contributed by atoms with Gasteiger partial charge in [0.2, 0.25) is 0 Å². The normalized spacial score (nSPS) is 13.9. The molecule has 0 amide bonds. The van der Waals surface area contributed by atoms with Crippen LogP contribution in [0, 0.1) is 0 Å². The second kappa shape index (κ2) is 19.7. The molecule has 0 atom stereocenters. The maximum absolute atomic E-state index is 14.2. The van der Waals surface area contributed by atoms with Crippen molar-refractivity contribution in [2.75, 3.05) is 0 Å². The summed E-state index contributed by atoms with van der Waals surface area (Å²) in [7, 11) is 0. The van der Waals surface area contributed by atoms with Crippen molar-refractivity contribution in [2.24, 2.45) is 0 Å². The summed E-state index contributed by atoms with van der Waals surface area (Å²) in [6.07, 6.45) is 14.9. The second-order valence-corrected chi connectivity index (χ2v) is 42.5. The fourth-order valence-electron chi connectivity index (χ4n) is 6.58. The molecule has 0 aliphatic rings. The van der Waals surface area contributed by atoms with E-state index in [4.69, 9.17) is 6.15 Å². The first kappa shape index (κ1) is 42.3. The van der Waals surface area contributed by atoms with E-state index < -0.39 is 40.3 Å². The van der Waals surface area contributed by atoms with Gasteiger partial charge in [0, 0.05) is 0 Å². The molecular formula is C36H72O4Sn2. The third kappa shape index (κ3) is 17.1. The van der Waals surface area contributed by atoms with Gasteiger partial charge in [0.05, 0.1) is 0 Å². The molecular weight excluding hydrogens is 734 g/mol. The van der Waals surface area contributed by atoms with Crippen LogP contribution < -0.4 is 0 Å². The molecule has 42 heavy (non-hydrogen) atoms. The first-order chi connectivity index (χ1) is 19.2. The molecule has 0 saturated carbocycles. The Kier molecular flexibility index (Phi) is 19.8. The summed E-state index contributed by atoms with van der Waals surface area (Å²) in [5.41, 5.74) is 1.26. The van der Waals surface area contributed by atoms with Crippen LogP contribution in [0.1, 0.15) is 187 Å². The first-order valence-corrected chi connectivity index (χ1v) is 26.6. The molecule has 0 aromatic heterocycles. The predicted molar refractivity (Wildman–Crippen MR) is 188 cm³/mol. The molecule has 0 aliphatic carbocycles.